The fourth-order valence-electron chi connectivity index (χ4n) is 3.01. The molecule has 0 fully saturated rings. The van der Waals surface area contributed by atoms with Gasteiger partial charge in [0.2, 0.25) is 0 Å². The van der Waals surface area contributed by atoms with Crippen LogP contribution in [0.2, 0.25) is 5.02 Å². The molecule has 2 heterocycles. The van der Waals surface area contributed by atoms with Gasteiger partial charge in [0.15, 0.2) is 11.4 Å². The molecule has 1 aromatic heterocycles. The SMILES string of the molecule is CCCN1C(=O)C(O)(CC(=O)c2ccncc2)c2cc(Cl)ccc21. The van der Waals surface area contributed by atoms with Crippen LogP contribution < -0.4 is 4.90 Å². The maximum absolute atomic E-state index is 12.8. The van der Waals surface area contributed by atoms with E-state index in [-0.39, 0.29) is 12.2 Å². The Morgan fingerprint density at radius 3 is 2.67 bits per heavy atom. The molecule has 1 aliphatic rings. The minimum absolute atomic E-state index is 0.322. The fourth-order valence-corrected chi connectivity index (χ4v) is 3.18. The van der Waals surface area contributed by atoms with E-state index in [1.807, 2.05) is 6.92 Å². The highest BCUT2D eigenvalue weighted by Gasteiger charge is 2.50. The highest BCUT2D eigenvalue weighted by atomic mass is 35.5. The lowest BCUT2D eigenvalue weighted by atomic mass is 9.88. The average molecular weight is 345 g/mol. The van der Waals surface area contributed by atoms with Crippen LogP contribution in [-0.4, -0.2) is 28.3 Å². The third-order valence-electron chi connectivity index (χ3n) is 4.16. The summed E-state index contributed by atoms with van der Waals surface area (Å²) in [6.07, 6.45) is 3.41. The van der Waals surface area contributed by atoms with Gasteiger partial charge in [-0.1, -0.05) is 18.5 Å². The van der Waals surface area contributed by atoms with Crippen molar-refractivity contribution in [3.05, 3.63) is 58.9 Å². The molecule has 124 valence electrons. The molecule has 5 nitrogen and oxygen atoms in total. The molecule has 0 aliphatic carbocycles. The first-order chi connectivity index (χ1) is 11.5. The number of aliphatic hydroxyl groups is 1. The molecule has 1 atom stereocenters. The maximum atomic E-state index is 12.8. The lowest BCUT2D eigenvalue weighted by Crippen LogP contribution is -2.42. The number of benzene rings is 1. The van der Waals surface area contributed by atoms with Crippen molar-refractivity contribution in [1.29, 1.82) is 0 Å². The number of hydrogen-bond donors (Lipinski definition) is 1. The largest absolute Gasteiger partial charge is 0.375 e. The van der Waals surface area contributed by atoms with Crippen LogP contribution in [-0.2, 0) is 10.4 Å². The van der Waals surface area contributed by atoms with Crippen molar-refractivity contribution in [3.8, 4) is 0 Å². The summed E-state index contributed by atoms with van der Waals surface area (Å²) in [5.41, 5.74) is -0.494. The zero-order chi connectivity index (χ0) is 17.3. The standard InChI is InChI=1S/C18H17ClN2O3/c1-2-9-21-15-4-3-13(19)10-14(15)18(24,17(21)23)11-16(22)12-5-7-20-8-6-12/h3-8,10,24H,2,9,11H2,1H3. The number of fused-ring (bicyclic) bond motifs is 1. The summed E-state index contributed by atoms with van der Waals surface area (Å²) in [4.78, 5) is 30.7. The minimum atomic E-state index is -1.89. The van der Waals surface area contributed by atoms with Crippen molar-refractivity contribution in [2.24, 2.45) is 0 Å². The molecule has 3 rings (SSSR count). The molecule has 1 unspecified atom stereocenters. The predicted molar refractivity (Wildman–Crippen MR) is 91.2 cm³/mol. The smallest absolute Gasteiger partial charge is 0.264 e. The lowest BCUT2D eigenvalue weighted by Gasteiger charge is -2.22. The van der Waals surface area contributed by atoms with Crippen LogP contribution in [0, 0.1) is 0 Å². The topological polar surface area (TPSA) is 70.5 Å². The number of nitrogens with zero attached hydrogens (tertiary/aromatic N) is 2. The van der Waals surface area contributed by atoms with Gasteiger partial charge < -0.3 is 10.0 Å². The molecule has 0 radical (unpaired) electrons. The van der Waals surface area contributed by atoms with E-state index in [2.05, 4.69) is 4.98 Å². The van der Waals surface area contributed by atoms with Gasteiger partial charge in [-0.3, -0.25) is 14.6 Å². The van der Waals surface area contributed by atoms with Gasteiger partial charge in [-0.2, -0.15) is 0 Å². The molecule has 1 aromatic carbocycles. The third kappa shape index (κ3) is 2.70. The number of carbonyl (C=O) groups is 2. The van der Waals surface area contributed by atoms with Crippen LogP contribution >= 0.6 is 11.6 Å². The zero-order valence-corrected chi connectivity index (χ0v) is 14.0. The number of ketones is 1. The Labute approximate surface area is 144 Å². The number of anilines is 1. The van der Waals surface area contributed by atoms with Crippen LogP contribution in [0.3, 0.4) is 0 Å². The van der Waals surface area contributed by atoms with Gasteiger partial charge in [0.1, 0.15) is 0 Å². The lowest BCUT2D eigenvalue weighted by molar-refractivity contribution is -0.135. The minimum Gasteiger partial charge on any atom is -0.375 e. The summed E-state index contributed by atoms with van der Waals surface area (Å²) in [6, 6.07) is 8.07. The Morgan fingerprint density at radius 1 is 1.29 bits per heavy atom. The van der Waals surface area contributed by atoms with E-state index in [1.54, 1.807) is 30.3 Å². The summed E-state index contributed by atoms with van der Waals surface area (Å²) < 4.78 is 0. The number of amides is 1. The molecular formula is C18H17ClN2O3. The zero-order valence-electron chi connectivity index (χ0n) is 13.2. The number of rotatable bonds is 5. The van der Waals surface area contributed by atoms with Gasteiger partial charge in [-0.05, 0) is 36.8 Å². The first-order valence-electron chi connectivity index (χ1n) is 7.75. The van der Waals surface area contributed by atoms with Gasteiger partial charge in [0, 0.05) is 35.1 Å². The Hall–Kier alpha value is -2.24. The molecule has 0 saturated heterocycles. The summed E-state index contributed by atoms with van der Waals surface area (Å²) in [6.45, 7) is 2.42. The number of aromatic nitrogens is 1. The normalized spacial score (nSPS) is 19.5. The number of Topliss-reactive ketones (excluding diaryl/α,β-unsaturated/α-hetero) is 1. The van der Waals surface area contributed by atoms with Crippen molar-refractivity contribution in [2.45, 2.75) is 25.4 Å². The quantitative estimate of drug-likeness (QED) is 0.846. The number of hydrogen-bond acceptors (Lipinski definition) is 4. The van der Waals surface area contributed by atoms with E-state index in [1.165, 1.54) is 17.3 Å². The van der Waals surface area contributed by atoms with Crippen molar-refractivity contribution in [2.75, 3.05) is 11.4 Å². The summed E-state index contributed by atoms with van der Waals surface area (Å²) in [5, 5.41) is 11.5. The number of pyridine rings is 1. The van der Waals surface area contributed by atoms with Gasteiger partial charge in [-0.15, -0.1) is 0 Å². The molecule has 6 heteroatoms. The summed E-state index contributed by atoms with van der Waals surface area (Å²) in [5.74, 6) is -0.804. The van der Waals surface area contributed by atoms with Gasteiger partial charge in [-0.25, -0.2) is 0 Å². The van der Waals surface area contributed by atoms with Crippen molar-refractivity contribution < 1.29 is 14.7 Å². The molecule has 1 amide bonds. The molecule has 0 spiro atoms. The van der Waals surface area contributed by atoms with Crippen LogP contribution in [0.25, 0.3) is 0 Å². The first kappa shape index (κ1) is 16.6. The Balaban J connectivity index is 2.01. The van der Waals surface area contributed by atoms with E-state index in [0.29, 0.717) is 28.4 Å². The van der Waals surface area contributed by atoms with E-state index in [0.717, 1.165) is 6.42 Å². The van der Waals surface area contributed by atoms with Crippen molar-refractivity contribution in [3.63, 3.8) is 0 Å². The van der Waals surface area contributed by atoms with Crippen LogP contribution in [0.5, 0.6) is 0 Å². The van der Waals surface area contributed by atoms with E-state index < -0.39 is 11.5 Å². The second-order valence-electron chi connectivity index (χ2n) is 5.81. The van der Waals surface area contributed by atoms with E-state index in [4.69, 9.17) is 11.6 Å². The Morgan fingerprint density at radius 2 is 2.00 bits per heavy atom. The van der Waals surface area contributed by atoms with Crippen molar-refractivity contribution >= 4 is 29.0 Å². The Bertz CT molecular complexity index is 794. The number of halogens is 1. The monoisotopic (exact) mass is 344 g/mol. The molecule has 24 heavy (non-hydrogen) atoms. The summed E-state index contributed by atoms with van der Waals surface area (Å²) in [7, 11) is 0. The second kappa shape index (κ2) is 6.34. The van der Waals surface area contributed by atoms with E-state index in [9.17, 15) is 14.7 Å². The van der Waals surface area contributed by atoms with Gasteiger partial charge in [0.25, 0.3) is 5.91 Å². The van der Waals surface area contributed by atoms with Gasteiger partial charge in [0.05, 0.1) is 12.1 Å². The predicted octanol–water partition coefficient (Wildman–Crippen LogP) is 2.95. The molecule has 1 N–H and O–H groups in total. The highest BCUT2D eigenvalue weighted by molar-refractivity contribution is 6.31. The molecule has 0 bridgehead atoms. The average Bonchev–Trinajstić information content (AvgIpc) is 2.78. The van der Waals surface area contributed by atoms with Crippen LogP contribution in [0.15, 0.2) is 42.7 Å². The molecular weight excluding hydrogens is 328 g/mol. The number of carbonyl (C=O) groups excluding carboxylic acids is 2. The summed E-state index contributed by atoms with van der Waals surface area (Å²) >= 11 is 6.04. The first-order valence-corrected chi connectivity index (χ1v) is 8.12. The van der Waals surface area contributed by atoms with E-state index >= 15 is 0 Å². The molecule has 2 aromatic rings. The second-order valence-corrected chi connectivity index (χ2v) is 6.25. The molecule has 1 aliphatic heterocycles. The Kier molecular flexibility index (Phi) is 4.39. The van der Waals surface area contributed by atoms with Crippen LogP contribution in [0.4, 0.5) is 5.69 Å². The molecule has 0 saturated carbocycles. The highest BCUT2D eigenvalue weighted by Crippen LogP contribution is 2.44. The maximum Gasteiger partial charge on any atom is 0.264 e. The third-order valence-corrected chi connectivity index (χ3v) is 4.39. The van der Waals surface area contributed by atoms with Gasteiger partial charge >= 0.3 is 0 Å². The van der Waals surface area contributed by atoms with Crippen LogP contribution in [0.1, 0.15) is 35.7 Å². The van der Waals surface area contributed by atoms with Crippen molar-refractivity contribution in [1.82, 2.24) is 4.98 Å². The fraction of sp³-hybridized carbons (Fsp3) is 0.278.